The second-order valence-corrected chi connectivity index (χ2v) is 2.51. The molecule has 1 N–H and O–H groups in total. The lowest BCUT2D eigenvalue weighted by Gasteiger charge is -2.02. The molecular weight excluding hydrogens is 142 g/mol. The van der Waals surface area contributed by atoms with Crippen molar-refractivity contribution in [2.24, 2.45) is 0 Å². The van der Waals surface area contributed by atoms with E-state index in [0.717, 1.165) is 6.42 Å². The van der Waals surface area contributed by atoms with E-state index in [0.29, 0.717) is 5.69 Å². The van der Waals surface area contributed by atoms with Crippen molar-refractivity contribution in [3.05, 3.63) is 22.4 Å². The minimum atomic E-state index is -0.130. The van der Waals surface area contributed by atoms with Crippen LogP contribution in [-0.4, -0.2) is 15.2 Å². The van der Waals surface area contributed by atoms with Crippen molar-refractivity contribution in [3.63, 3.8) is 0 Å². The summed E-state index contributed by atoms with van der Waals surface area (Å²) in [6.45, 7) is 3.97. The molecule has 1 unspecified atom stereocenters. The molecule has 1 rings (SSSR count). The monoisotopic (exact) mass is 153 g/mol. The molecule has 1 aromatic heterocycles. The number of nitrogens with one attached hydrogen (secondary N) is 1. The Morgan fingerprint density at radius 2 is 2.45 bits per heavy atom. The molecule has 1 aromatic rings. The molecule has 1 heterocycles. The van der Waals surface area contributed by atoms with Crippen molar-refractivity contribution in [2.75, 3.05) is 0 Å². The van der Waals surface area contributed by atoms with Crippen molar-refractivity contribution in [2.45, 2.75) is 26.2 Å². The van der Waals surface area contributed by atoms with Gasteiger partial charge in [-0.25, -0.2) is 0 Å². The zero-order valence-electron chi connectivity index (χ0n) is 6.66. The molecule has 0 aliphatic rings. The maximum absolute atomic E-state index is 11.1. The maximum Gasteiger partial charge on any atom is 0.272 e. The van der Waals surface area contributed by atoms with E-state index in [1.54, 1.807) is 0 Å². The molecular formula is C7H11N3O. The van der Waals surface area contributed by atoms with E-state index in [4.69, 9.17) is 0 Å². The van der Waals surface area contributed by atoms with Crippen molar-refractivity contribution < 1.29 is 0 Å². The highest BCUT2D eigenvalue weighted by atomic mass is 16.1. The first-order chi connectivity index (χ1) is 5.25. The van der Waals surface area contributed by atoms with Crippen molar-refractivity contribution >= 4 is 0 Å². The van der Waals surface area contributed by atoms with Gasteiger partial charge in [-0.2, -0.15) is 0 Å². The van der Waals surface area contributed by atoms with Crippen LogP contribution in [-0.2, 0) is 0 Å². The molecule has 11 heavy (non-hydrogen) atoms. The molecule has 0 saturated heterocycles. The summed E-state index contributed by atoms with van der Waals surface area (Å²) < 4.78 is 0. The van der Waals surface area contributed by atoms with Gasteiger partial charge in [0.15, 0.2) is 0 Å². The van der Waals surface area contributed by atoms with Gasteiger partial charge in [0.25, 0.3) is 5.56 Å². The molecule has 0 aliphatic carbocycles. The number of hydrogen-bond acceptors (Lipinski definition) is 3. The SMILES string of the molecule is CCC(C)c1nnc[nH]c1=O. The number of H-pyrrole nitrogens is 1. The topological polar surface area (TPSA) is 58.6 Å². The molecule has 0 amide bonds. The fraction of sp³-hybridized carbons (Fsp3) is 0.571. The zero-order chi connectivity index (χ0) is 8.27. The normalized spacial score (nSPS) is 12.9. The summed E-state index contributed by atoms with van der Waals surface area (Å²) in [5, 5.41) is 7.36. The molecule has 0 bridgehead atoms. The van der Waals surface area contributed by atoms with Crippen molar-refractivity contribution in [1.82, 2.24) is 15.2 Å². The summed E-state index contributed by atoms with van der Waals surface area (Å²) in [6, 6.07) is 0. The molecule has 1 atom stereocenters. The van der Waals surface area contributed by atoms with Crippen LogP contribution in [0.25, 0.3) is 0 Å². The third kappa shape index (κ3) is 1.63. The Balaban J connectivity index is 3.03. The smallest absolute Gasteiger partial charge is 0.272 e. The number of hydrogen-bond donors (Lipinski definition) is 1. The third-order valence-corrected chi connectivity index (χ3v) is 1.73. The maximum atomic E-state index is 11.1. The fourth-order valence-electron chi connectivity index (χ4n) is 0.814. The van der Waals surface area contributed by atoms with E-state index in [9.17, 15) is 4.79 Å². The van der Waals surface area contributed by atoms with Gasteiger partial charge in [0.2, 0.25) is 0 Å². The Hall–Kier alpha value is -1.19. The predicted molar refractivity (Wildman–Crippen MR) is 41.4 cm³/mol. The summed E-state index contributed by atoms with van der Waals surface area (Å²) in [6.07, 6.45) is 2.20. The predicted octanol–water partition coefficient (Wildman–Crippen LogP) is 0.678. The van der Waals surface area contributed by atoms with Crippen LogP contribution < -0.4 is 5.56 Å². The fourth-order valence-corrected chi connectivity index (χ4v) is 0.814. The number of aromatic amines is 1. The van der Waals surface area contributed by atoms with E-state index in [1.165, 1.54) is 6.33 Å². The Bertz CT molecular complexity index is 281. The molecule has 0 radical (unpaired) electrons. The van der Waals surface area contributed by atoms with Crippen LogP contribution in [0.1, 0.15) is 31.9 Å². The van der Waals surface area contributed by atoms with E-state index < -0.39 is 0 Å². The molecule has 0 spiro atoms. The lowest BCUT2D eigenvalue weighted by Crippen LogP contribution is -2.17. The van der Waals surface area contributed by atoms with E-state index in [-0.39, 0.29) is 11.5 Å². The van der Waals surface area contributed by atoms with Gasteiger partial charge in [0.1, 0.15) is 12.0 Å². The summed E-state index contributed by atoms with van der Waals surface area (Å²) >= 11 is 0. The van der Waals surface area contributed by atoms with Crippen LogP contribution in [0.3, 0.4) is 0 Å². The summed E-state index contributed by atoms with van der Waals surface area (Å²) in [5.41, 5.74) is 0.393. The second kappa shape index (κ2) is 3.27. The molecule has 60 valence electrons. The summed E-state index contributed by atoms with van der Waals surface area (Å²) in [5.74, 6) is 0.187. The number of nitrogens with zero attached hydrogens (tertiary/aromatic N) is 2. The van der Waals surface area contributed by atoms with Gasteiger partial charge in [0.05, 0.1) is 0 Å². The van der Waals surface area contributed by atoms with Crippen LogP contribution in [0, 0.1) is 0 Å². The molecule has 0 fully saturated rings. The average Bonchev–Trinajstić information content (AvgIpc) is 2.04. The Morgan fingerprint density at radius 3 is 3.00 bits per heavy atom. The van der Waals surface area contributed by atoms with Gasteiger partial charge < -0.3 is 4.98 Å². The van der Waals surface area contributed by atoms with Gasteiger partial charge in [-0.1, -0.05) is 13.8 Å². The number of rotatable bonds is 2. The summed E-state index contributed by atoms with van der Waals surface area (Å²) in [7, 11) is 0. The Morgan fingerprint density at radius 1 is 1.73 bits per heavy atom. The Labute approximate surface area is 64.7 Å². The van der Waals surface area contributed by atoms with Crippen LogP contribution in [0.4, 0.5) is 0 Å². The first kappa shape index (κ1) is 7.91. The van der Waals surface area contributed by atoms with Crippen molar-refractivity contribution in [3.8, 4) is 0 Å². The minimum Gasteiger partial charge on any atom is -0.310 e. The highest BCUT2D eigenvalue weighted by molar-refractivity contribution is 4.98. The van der Waals surface area contributed by atoms with E-state index in [1.807, 2.05) is 13.8 Å². The average molecular weight is 153 g/mol. The van der Waals surface area contributed by atoms with Gasteiger partial charge in [-0.15, -0.1) is 10.2 Å². The molecule has 4 nitrogen and oxygen atoms in total. The van der Waals surface area contributed by atoms with Gasteiger partial charge in [-0.3, -0.25) is 4.79 Å². The van der Waals surface area contributed by atoms with Crippen LogP contribution in [0.5, 0.6) is 0 Å². The quantitative estimate of drug-likeness (QED) is 0.679. The summed E-state index contributed by atoms with van der Waals surface area (Å²) in [4.78, 5) is 13.5. The highest BCUT2D eigenvalue weighted by Crippen LogP contribution is 2.09. The first-order valence-electron chi connectivity index (χ1n) is 3.66. The zero-order valence-corrected chi connectivity index (χ0v) is 6.66. The lowest BCUT2D eigenvalue weighted by atomic mass is 10.1. The van der Waals surface area contributed by atoms with E-state index >= 15 is 0 Å². The van der Waals surface area contributed by atoms with E-state index in [2.05, 4.69) is 15.2 Å². The molecule has 0 aliphatic heterocycles. The highest BCUT2D eigenvalue weighted by Gasteiger charge is 2.08. The van der Waals surface area contributed by atoms with Gasteiger partial charge in [-0.05, 0) is 6.42 Å². The largest absolute Gasteiger partial charge is 0.310 e. The van der Waals surface area contributed by atoms with Gasteiger partial charge in [0, 0.05) is 5.92 Å². The molecule has 0 saturated carbocycles. The van der Waals surface area contributed by atoms with Crippen LogP contribution >= 0.6 is 0 Å². The van der Waals surface area contributed by atoms with Crippen LogP contribution in [0.15, 0.2) is 11.1 Å². The molecule has 4 heteroatoms. The third-order valence-electron chi connectivity index (χ3n) is 1.73. The van der Waals surface area contributed by atoms with Gasteiger partial charge >= 0.3 is 0 Å². The molecule has 0 aromatic carbocycles. The second-order valence-electron chi connectivity index (χ2n) is 2.51. The first-order valence-corrected chi connectivity index (χ1v) is 3.66. The van der Waals surface area contributed by atoms with Crippen LogP contribution in [0.2, 0.25) is 0 Å². The minimum absolute atomic E-state index is 0.130. The van der Waals surface area contributed by atoms with Crippen molar-refractivity contribution in [1.29, 1.82) is 0 Å². The lowest BCUT2D eigenvalue weighted by molar-refractivity contribution is 0.671. The Kier molecular flexibility index (Phi) is 2.36. The number of aromatic nitrogens is 3. The standard InChI is InChI=1S/C7H11N3O/c1-3-5(2)6-7(11)8-4-9-10-6/h4-5H,3H2,1-2H3,(H,8,9,11).